The average Bonchev–Trinajstić information content (AvgIpc) is 3.31. The van der Waals surface area contributed by atoms with Gasteiger partial charge in [-0.15, -0.1) is 0 Å². The van der Waals surface area contributed by atoms with Gasteiger partial charge >= 0.3 is 0 Å². The van der Waals surface area contributed by atoms with E-state index < -0.39 is 0 Å². The maximum atomic E-state index is 12.4. The average molecular weight is 400 g/mol. The van der Waals surface area contributed by atoms with E-state index >= 15 is 0 Å². The van der Waals surface area contributed by atoms with Crippen LogP contribution in [-0.2, 0) is 0 Å². The van der Waals surface area contributed by atoms with Crippen LogP contribution in [0.25, 0.3) is 0 Å². The Balaban J connectivity index is 1.37. The number of nitrogens with one attached hydrogen (secondary N) is 1. The Labute approximate surface area is 171 Å². The zero-order chi connectivity index (χ0) is 20.5. The lowest BCUT2D eigenvalue weighted by Crippen LogP contribution is -2.53. The molecule has 156 valence electrons. The summed E-state index contributed by atoms with van der Waals surface area (Å²) >= 11 is 0. The van der Waals surface area contributed by atoms with Crippen molar-refractivity contribution in [3.05, 3.63) is 48.4 Å². The van der Waals surface area contributed by atoms with Crippen molar-refractivity contribution in [3.8, 4) is 11.5 Å². The highest BCUT2D eigenvalue weighted by Gasteiger charge is 2.24. The minimum Gasteiger partial charge on any atom is -0.497 e. The third-order valence-electron chi connectivity index (χ3n) is 4.72. The molecule has 1 fully saturated rings. The minimum atomic E-state index is -0.0627. The van der Waals surface area contributed by atoms with Crippen LogP contribution >= 0.6 is 0 Å². The number of carbonyl (C=O) groups excluding carboxylic acids is 1. The first-order valence-corrected chi connectivity index (χ1v) is 9.76. The number of methoxy groups -OCH3 is 1. The van der Waals surface area contributed by atoms with Gasteiger partial charge in [0.2, 0.25) is 0 Å². The predicted molar refractivity (Wildman–Crippen MR) is 111 cm³/mol. The highest BCUT2D eigenvalue weighted by atomic mass is 16.5. The Morgan fingerprint density at radius 2 is 1.90 bits per heavy atom. The first kappa shape index (κ1) is 20.6. The molecule has 1 aliphatic rings. The lowest BCUT2D eigenvalue weighted by atomic mass is 10.3. The van der Waals surface area contributed by atoms with Crippen molar-refractivity contribution in [1.82, 2.24) is 15.1 Å². The Hall–Kier alpha value is -3.16. The van der Waals surface area contributed by atoms with E-state index in [-0.39, 0.29) is 5.91 Å². The van der Waals surface area contributed by atoms with E-state index in [1.807, 2.05) is 29.2 Å². The van der Waals surface area contributed by atoms with Crippen LogP contribution in [0.4, 0.5) is 0 Å². The smallest absolute Gasteiger partial charge is 0.289 e. The normalized spacial score (nSPS) is 14.6. The van der Waals surface area contributed by atoms with E-state index in [1.165, 1.54) is 6.26 Å². The van der Waals surface area contributed by atoms with Gasteiger partial charge in [0.05, 0.1) is 20.0 Å². The first-order chi connectivity index (χ1) is 14.2. The maximum Gasteiger partial charge on any atom is 0.289 e. The van der Waals surface area contributed by atoms with Crippen LogP contribution in [0, 0.1) is 0 Å². The summed E-state index contributed by atoms with van der Waals surface area (Å²) in [6.07, 6.45) is 2.36. The van der Waals surface area contributed by atoms with Crippen LogP contribution in [0.2, 0.25) is 0 Å². The molecule has 29 heavy (non-hydrogen) atoms. The fourth-order valence-electron chi connectivity index (χ4n) is 3.16. The molecular formula is C21H28N4O4. The molecule has 1 aromatic carbocycles. The molecule has 3 rings (SSSR count). The molecule has 2 heterocycles. The summed E-state index contributed by atoms with van der Waals surface area (Å²) in [5, 5.41) is 3.37. The number of piperazine rings is 1. The van der Waals surface area contributed by atoms with Gasteiger partial charge in [-0.3, -0.25) is 9.79 Å². The van der Waals surface area contributed by atoms with E-state index in [1.54, 1.807) is 26.3 Å². The highest BCUT2D eigenvalue weighted by molar-refractivity contribution is 5.91. The first-order valence-electron chi connectivity index (χ1n) is 9.76. The number of carbonyl (C=O) groups is 1. The lowest BCUT2D eigenvalue weighted by molar-refractivity contribution is 0.0657. The topological polar surface area (TPSA) is 79.5 Å². The molecule has 0 radical (unpaired) electrons. The summed E-state index contributed by atoms with van der Waals surface area (Å²) in [5.41, 5.74) is 0. The van der Waals surface area contributed by atoms with Crippen LogP contribution in [0.3, 0.4) is 0 Å². The van der Waals surface area contributed by atoms with Crippen molar-refractivity contribution in [2.45, 2.75) is 6.42 Å². The number of furan rings is 1. The van der Waals surface area contributed by atoms with Gasteiger partial charge in [-0.1, -0.05) is 6.07 Å². The van der Waals surface area contributed by atoms with Gasteiger partial charge in [0, 0.05) is 45.8 Å². The maximum absolute atomic E-state index is 12.4. The lowest BCUT2D eigenvalue weighted by Gasteiger charge is -2.36. The Bertz CT molecular complexity index is 799. The van der Waals surface area contributed by atoms with Gasteiger partial charge in [0.25, 0.3) is 5.91 Å². The molecule has 0 aliphatic carbocycles. The summed E-state index contributed by atoms with van der Waals surface area (Å²) in [6.45, 7) is 4.09. The van der Waals surface area contributed by atoms with Crippen LogP contribution < -0.4 is 14.8 Å². The molecule has 1 aliphatic heterocycles. The number of nitrogens with zero attached hydrogens (tertiary/aromatic N) is 3. The van der Waals surface area contributed by atoms with E-state index in [2.05, 4.69) is 15.2 Å². The quantitative estimate of drug-likeness (QED) is 0.436. The summed E-state index contributed by atoms with van der Waals surface area (Å²) in [7, 11) is 3.41. The number of ether oxygens (including phenoxy) is 2. The molecular weight excluding hydrogens is 372 g/mol. The molecule has 8 heteroatoms. The Morgan fingerprint density at radius 3 is 2.59 bits per heavy atom. The summed E-state index contributed by atoms with van der Waals surface area (Å²) in [4.78, 5) is 20.7. The van der Waals surface area contributed by atoms with E-state index in [0.717, 1.165) is 43.5 Å². The number of rotatable bonds is 7. The van der Waals surface area contributed by atoms with Gasteiger partial charge in [-0.05, 0) is 30.7 Å². The van der Waals surface area contributed by atoms with Gasteiger partial charge in [-0.25, -0.2) is 0 Å². The highest BCUT2D eigenvalue weighted by Crippen LogP contribution is 2.18. The molecule has 1 N–H and O–H groups in total. The Morgan fingerprint density at radius 1 is 1.14 bits per heavy atom. The fraction of sp³-hybridized carbons (Fsp3) is 0.429. The number of hydrogen-bond acceptors (Lipinski definition) is 5. The standard InChI is InChI=1S/C21H28N4O4/c1-22-21(23-9-5-15-28-18-7-3-6-17(16-18)27-2)25-12-10-24(11-13-25)20(26)19-8-4-14-29-19/h3-4,6-8,14,16H,5,9-13,15H2,1-2H3,(H,22,23). The number of hydrogen-bond donors (Lipinski definition) is 1. The number of guanidine groups is 1. The molecule has 0 bridgehead atoms. The number of amides is 1. The largest absolute Gasteiger partial charge is 0.497 e. The van der Waals surface area contributed by atoms with Gasteiger partial charge in [-0.2, -0.15) is 0 Å². The molecule has 8 nitrogen and oxygen atoms in total. The van der Waals surface area contributed by atoms with Crippen LogP contribution in [0.5, 0.6) is 11.5 Å². The van der Waals surface area contributed by atoms with Crippen LogP contribution in [0.1, 0.15) is 17.0 Å². The summed E-state index contributed by atoms with van der Waals surface area (Å²) in [6, 6.07) is 11.0. The van der Waals surface area contributed by atoms with Crippen molar-refractivity contribution in [2.24, 2.45) is 4.99 Å². The van der Waals surface area contributed by atoms with Crippen molar-refractivity contribution in [2.75, 3.05) is 53.5 Å². The molecule has 1 saturated heterocycles. The van der Waals surface area contributed by atoms with Crippen molar-refractivity contribution < 1.29 is 18.7 Å². The molecule has 2 aromatic rings. The molecule has 0 atom stereocenters. The summed E-state index contributed by atoms with van der Waals surface area (Å²) < 4.78 is 16.2. The second-order valence-electron chi connectivity index (χ2n) is 6.61. The molecule has 1 amide bonds. The fourth-order valence-corrected chi connectivity index (χ4v) is 3.16. The van der Waals surface area contributed by atoms with E-state index in [9.17, 15) is 4.79 Å². The molecule has 0 saturated carbocycles. The zero-order valence-electron chi connectivity index (χ0n) is 17.0. The van der Waals surface area contributed by atoms with Gasteiger partial charge < -0.3 is 29.0 Å². The van der Waals surface area contributed by atoms with E-state index in [0.29, 0.717) is 25.5 Å². The molecule has 0 spiro atoms. The van der Waals surface area contributed by atoms with Crippen molar-refractivity contribution >= 4 is 11.9 Å². The van der Waals surface area contributed by atoms with Crippen molar-refractivity contribution in [3.63, 3.8) is 0 Å². The second kappa shape index (κ2) is 10.4. The van der Waals surface area contributed by atoms with Crippen LogP contribution in [0.15, 0.2) is 52.1 Å². The predicted octanol–water partition coefficient (Wildman–Crippen LogP) is 2.09. The Kier molecular flexibility index (Phi) is 7.38. The van der Waals surface area contributed by atoms with Crippen LogP contribution in [-0.4, -0.2) is 75.2 Å². The van der Waals surface area contributed by atoms with Gasteiger partial charge in [0.15, 0.2) is 11.7 Å². The number of benzene rings is 1. The molecule has 1 aromatic heterocycles. The minimum absolute atomic E-state index is 0.0627. The van der Waals surface area contributed by atoms with Gasteiger partial charge in [0.1, 0.15) is 11.5 Å². The number of aliphatic imine (C=N–C) groups is 1. The third-order valence-corrected chi connectivity index (χ3v) is 4.72. The monoisotopic (exact) mass is 400 g/mol. The van der Waals surface area contributed by atoms with Crippen molar-refractivity contribution in [1.29, 1.82) is 0 Å². The molecule has 0 unspecified atom stereocenters. The van der Waals surface area contributed by atoms with E-state index in [4.69, 9.17) is 13.9 Å². The second-order valence-corrected chi connectivity index (χ2v) is 6.61. The zero-order valence-corrected chi connectivity index (χ0v) is 17.0. The third kappa shape index (κ3) is 5.66. The SMILES string of the molecule is CN=C(NCCCOc1cccc(OC)c1)N1CCN(C(=O)c2ccco2)CC1. The summed E-state index contributed by atoms with van der Waals surface area (Å²) in [5.74, 6) is 2.75.